The molecular weight excluding hydrogens is 242 g/mol. The van der Waals surface area contributed by atoms with Crippen LogP contribution in [-0.4, -0.2) is 32.8 Å². The van der Waals surface area contributed by atoms with Crippen molar-refractivity contribution in [3.63, 3.8) is 0 Å². The van der Waals surface area contributed by atoms with E-state index in [0.717, 1.165) is 5.56 Å². The molecule has 0 aliphatic carbocycles. The maximum Gasteiger partial charge on any atom is 0.248 e. The fraction of sp³-hybridized carbons (Fsp3) is 0.500. The van der Waals surface area contributed by atoms with Gasteiger partial charge in [-0.2, -0.15) is 0 Å². The largest absolute Gasteiger partial charge is 0.340 e. The van der Waals surface area contributed by atoms with Crippen LogP contribution in [0.4, 0.5) is 0 Å². The third-order valence-electron chi connectivity index (χ3n) is 3.53. The first-order valence-corrected chi connectivity index (χ1v) is 6.29. The number of rotatable bonds is 2. The highest BCUT2D eigenvalue weighted by molar-refractivity contribution is 6.01. The van der Waals surface area contributed by atoms with E-state index in [-0.39, 0.29) is 11.8 Å². The minimum Gasteiger partial charge on any atom is -0.340 e. The standard InChI is InChI=1S/C14H19N3O2/c1-13(2)12(19)17(14(3,4)11(18)16-13)9-10-5-7-15-8-6-10/h5-8H,9H2,1-4H3,(H,16,18). The number of hydrogen-bond acceptors (Lipinski definition) is 3. The van der Waals surface area contributed by atoms with Gasteiger partial charge in [0.25, 0.3) is 0 Å². The van der Waals surface area contributed by atoms with Gasteiger partial charge in [0, 0.05) is 18.9 Å². The van der Waals surface area contributed by atoms with Crippen LogP contribution >= 0.6 is 0 Å². The lowest BCUT2D eigenvalue weighted by atomic mass is 9.89. The Morgan fingerprint density at radius 1 is 1.16 bits per heavy atom. The third kappa shape index (κ3) is 2.32. The lowest BCUT2D eigenvalue weighted by Gasteiger charge is -2.47. The molecule has 1 aliphatic heterocycles. The minimum atomic E-state index is -0.861. The Labute approximate surface area is 113 Å². The summed E-state index contributed by atoms with van der Waals surface area (Å²) in [7, 11) is 0. The number of nitrogens with one attached hydrogen (secondary N) is 1. The number of amides is 2. The van der Waals surface area contributed by atoms with E-state index in [1.807, 2.05) is 12.1 Å². The third-order valence-corrected chi connectivity index (χ3v) is 3.53. The molecule has 0 bridgehead atoms. The molecule has 1 N–H and O–H groups in total. The van der Waals surface area contributed by atoms with Gasteiger partial charge >= 0.3 is 0 Å². The van der Waals surface area contributed by atoms with Crippen molar-refractivity contribution < 1.29 is 9.59 Å². The number of aromatic nitrogens is 1. The van der Waals surface area contributed by atoms with E-state index in [1.54, 1.807) is 45.0 Å². The van der Waals surface area contributed by atoms with Crippen LogP contribution in [0.1, 0.15) is 33.3 Å². The van der Waals surface area contributed by atoms with Crippen LogP contribution in [0, 0.1) is 0 Å². The highest BCUT2D eigenvalue weighted by Gasteiger charge is 2.49. The zero-order valence-corrected chi connectivity index (χ0v) is 11.7. The molecule has 1 fully saturated rings. The maximum absolute atomic E-state index is 12.5. The number of nitrogens with zero attached hydrogens (tertiary/aromatic N) is 2. The second kappa shape index (κ2) is 4.33. The predicted octanol–water partition coefficient (Wildman–Crippen LogP) is 1.10. The van der Waals surface area contributed by atoms with Crippen LogP contribution in [0.3, 0.4) is 0 Å². The molecule has 0 aromatic carbocycles. The zero-order chi connectivity index (χ0) is 14.3. The molecule has 5 heteroatoms. The molecule has 0 atom stereocenters. The van der Waals surface area contributed by atoms with E-state index >= 15 is 0 Å². The molecule has 1 saturated heterocycles. The molecular formula is C14H19N3O2. The Morgan fingerprint density at radius 2 is 1.74 bits per heavy atom. The van der Waals surface area contributed by atoms with Gasteiger partial charge in [0.15, 0.2) is 0 Å². The van der Waals surface area contributed by atoms with Crippen molar-refractivity contribution in [2.24, 2.45) is 0 Å². The summed E-state index contributed by atoms with van der Waals surface area (Å²) < 4.78 is 0. The van der Waals surface area contributed by atoms with Crippen molar-refractivity contribution in [1.29, 1.82) is 0 Å². The van der Waals surface area contributed by atoms with Crippen LogP contribution in [0.5, 0.6) is 0 Å². The van der Waals surface area contributed by atoms with Gasteiger partial charge in [0.2, 0.25) is 11.8 Å². The van der Waals surface area contributed by atoms with E-state index in [1.165, 1.54) is 0 Å². The molecule has 19 heavy (non-hydrogen) atoms. The van der Waals surface area contributed by atoms with Gasteiger partial charge in [-0.05, 0) is 45.4 Å². The normalized spacial score (nSPS) is 21.2. The van der Waals surface area contributed by atoms with Crippen LogP contribution in [0.25, 0.3) is 0 Å². The van der Waals surface area contributed by atoms with E-state index in [9.17, 15) is 9.59 Å². The van der Waals surface area contributed by atoms with E-state index in [2.05, 4.69) is 10.3 Å². The molecule has 0 unspecified atom stereocenters. The van der Waals surface area contributed by atoms with Crippen LogP contribution < -0.4 is 5.32 Å². The van der Waals surface area contributed by atoms with E-state index in [4.69, 9.17) is 0 Å². The fourth-order valence-electron chi connectivity index (χ4n) is 2.14. The Balaban J connectivity index is 2.34. The Bertz CT molecular complexity index is 509. The number of carbonyl (C=O) groups is 2. The molecule has 1 aromatic heterocycles. The van der Waals surface area contributed by atoms with Crippen LogP contribution in [0.2, 0.25) is 0 Å². The van der Waals surface area contributed by atoms with Gasteiger partial charge in [-0.1, -0.05) is 0 Å². The van der Waals surface area contributed by atoms with Crippen LogP contribution in [0.15, 0.2) is 24.5 Å². The summed E-state index contributed by atoms with van der Waals surface area (Å²) in [6, 6.07) is 3.70. The summed E-state index contributed by atoms with van der Waals surface area (Å²) in [4.78, 5) is 30.2. The Kier molecular flexibility index (Phi) is 3.08. The monoisotopic (exact) mass is 261 g/mol. The highest BCUT2D eigenvalue weighted by atomic mass is 16.2. The van der Waals surface area contributed by atoms with E-state index in [0.29, 0.717) is 6.54 Å². The molecule has 0 saturated carbocycles. The number of carbonyl (C=O) groups excluding carboxylic acids is 2. The summed E-state index contributed by atoms with van der Waals surface area (Å²) in [5, 5.41) is 2.77. The SMILES string of the molecule is CC1(C)NC(=O)C(C)(C)N(Cc2ccncc2)C1=O. The number of pyridine rings is 1. The maximum atomic E-state index is 12.5. The number of piperazine rings is 1. The quantitative estimate of drug-likeness (QED) is 0.867. The summed E-state index contributed by atoms with van der Waals surface area (Å²) in [6.45, 7) is 7.38. The molecule has 1 aliphatic rings. The molecule has 0 spiro atoms. The molecule has 102 valence electrons. The molecule has 2 rings (SSSR count). The number of hydrogen-bond donors (Lipinski definition) is 1. The van der Waals surface area contributed by atoms with Crippen molar-refractivity contribution in [2.45, 2.75) is 45.3 Å². The first-order chi connectivity index (χ1) is 8.75. The summed E-state index contributed by atoms with van der Waals surface area (Å²) in [6.07, 6.45) is 3.37. The minimum absolute atomic E-state index is 0.0751. The highest BCUT2D eigenvalue weighted by Crippen LogP contribution is 2.27. The molecule has 5 nitrogen and oxygen atoms in total. The van der Waals surface area contributed by atoms with Gasteiger partial charge in [-0.3, -0.25) is 14.6 Å². The lowest BCUT2D eigenvalue weighted by molar-refractivity contribution is -0.160. The zero-order valence-electron chi connectivity index (χ0n) is 11.7. The summed E-state index contributed by atoms with van der Waals surface area (Å²) in [5.74, 6) is -0.208. The Morgan fingerprint density at radius 3 is 2.32 bits per heavy atom. The second-order valence-electron chi connectivity index (χ2n) is 5.88. The lowest BCUT2D eigenvalue weighted by Crippen LogP contribution is -2.71. The van der Waals surface area contributed by atoms with Gasteiger partial charge in [0.1, 0.15) is 11.1 Å². The molecule has 2 amide bonds. The van der Waals surface area contributed by atoms with Crippen LogP contribution in [-0.2, 0) is 16.1 Å². The van der Waals surface area contributed by atoms with Gasteiger partial charge in [0.05, 0.1) is 0 Å². The Hall–Kier alpha value is -1.91. The molecule has 1 aromatic rings. The molecule has 2 heterocycles. The van der Waals surface area contributed by atoms with Gasteiger partial charge in [-0.25, -0.2) is 0 Å². The summed E-state index contributed by atoms with van der Waals surface area (Å²) >= 11 is 0. The van der Waals surface area contributed by atoms with Crippen molar-refractivity contribution in [3.8, 4) is 0 Å². The molecule has 0 radical (unpaired) electrons. The fourth-order valence-corrected chi connectivity index (χ4v) is 2.14. The predicted molar refractivity (Wildman–Crippen MR) is 71.1 cm³/mol. The smallest absolute Gasteiger partial charge is 0.248 e. The topological polar surface area (TPSA) is 62.3 Å². The van der Waals surface area contributed by atoms with Gasteiger partial charge < -0.3 is 10.2 Å². The van der Waals surface area contributed by atoms with Gasteiger partial charge in [-0.15, -0.1) is 0 Å². The average Bonchev–Trinajstić information content (AvgIpc) is 2.34. The van der Waals surface area contributed by atoms with Crippen molar-refractivity contribution in [3.05, 3.63) is 30.1 Å². The first kappa shape index (κ1) is 13.5. The first-order valence-electron chi connectivity index (χ1n) is 6.29. The van der Waals surface area contributed by atoms with Crippen molar-refractivity contribution in [2.75, 3.05) is 0 Å². The van der Waals surface area contributed by atoms with E-state index < -0.39 is 11.1 Å². The average molecular weight is 261 g/mol. The summed E-state index contributed by atoms with van der Waals surface area (Å²) in [5.41, 5.74) is -0.753. The second-order valence-corrected chi connectivity index (χ2v) is 5.88. The van der Waals surface area contributed by atoms with Crippen molar-refractivity contribution in [1.82, 2.24) is 15.2 Å². The van der Waals surface area contributed by atoms with Crippen molar-refractivity contribution >= 4 is 11.8 Å².